The Balaban J connectivity index is 1.10. The van der Waals surface area contributed by atoms with Crippen LogP contribution < -0.4 is 10.6 Å². The Labute approximate surface area is 272 Å². The second-order valence-corrected chi connectivity index (χ2v) is 14.6. The number of ether oxygens (including phenoxy) is 3. The van der Waals surface area contributed by atoms with Crippen molar-refractivity contribution in [2.45, 2.75) is 109 Å². The van der Waals surface area contributed by atoms with E-state index in [1.54, 1.807) is 6.20 Å². The van der Waals surface area contributed by atoms with Gasteiger partial charge in [-0.1, -0.05) is 17.7 Å². The molecule has 2 saturated carbocycles. The standard InChI is InChI=1S/C35H48ClN5O4/c1-24(21-44-35(12-13-35)32(42)45-33(2,3)4)40-26-10-8-25(9-11-26)18-27-19-28(29(36)20-38-27)30-6-5-7-31(41-30)39-23-34(22-37)14-16-43-17-15-34/h5-7,19-20,24-26,40H,8-18,21,23H2,1-4H3,(H,39,41)/t24-,25?,26?/m0/s1. The van der Waals surface area contributed by atoms with Gasteiger partial charge in [0.15, 0.2) is 5.60 Å². The first-order valence-corrected chi connectivity index (χ1v) is 16.8. The molecule has 0 spiro atoms. The average Bonchev–Trinajstić information content (AvgIpc) is 3.82. The van der Waals surface area contributed by atoms with Gasteiger partial charge in [0.1, 0.15) is 11.4 Å². The molecule has 1 aliphatic heterocycles. The van der Waals surface area contributed by atoms with E-state index in [9.17, 15) is 10.1 Å². The molecule has 10 heteroatoms. The fourth-order valence-electron chi connectivity index (χ4n) is 6.28. The summed E-state index contributed by atoms with van der Waals surface area (Å²) in [5.74, 6) is 1.05. The predicted octanol–water partition coefficient (Wildman–Crippen LogP) is 6.50. The SMILES string of the molecule is C[C@@H](COC1(C(=O)OC(C)(C)C)CC1)NC1CCC(Cc2cc(-c3cccc(NCC4(C#N)CCOCC4)n3)c(Cl)cn2)CC1. The highest BCUT2D eigenvalue weighted by Gasteiger charge is 2.54. The van der Waals surface area contributed by atoms with Gasteiger partial charge in [0.25, 0.3) is 0 Å². The minimum Gasteiger partial charge on any atom is -0.458 e. The number of pyridine rings is 2. The summed E-state index contributed by atoms with van der Waals surface area (Å²) in [4.78, 5) is 22.1. The molecule has 3 heterocycles. The number of aromatic nitrogens is 2. The largest absolute Gasteiger partial charge is 0.458 e. The van der Waals surface area contributed by atoms with Crippen LogP contribution in [0.4, 0.5) is 5.82 Å². The maximum atomic E-state index is 12.6. The molecule has 0 unspecified atom stereocenters. The molecule has 5 rings (SSSR count). The van der Waals surface area contributed by atoms with Crippen molar-refractivity contribution < 1.29 is 19.0 Å². The second kappa shape index (κ2) is 14.3. The molecule has 3 aliphatic rings. The maximum Gasteiger partial charge on any atom is 0.338 e. The number of hydrogen-bond acceptors (Lipinski definition) is 9. The first-order valence-electron chi connectivity index (χ1n) is 16.5. The van der Waals surface area contributed by atoms with E-state index in [0.717, 1.165) is 80.6 Å². The van der Waals surface area contributed by atoms with Crippen LogP contribution in [0, 0.1) is 22.7 Å². The number of anilines is 1. The molecule has 2 N–H and O–H groups in total. The zero-order chi connectivity index (χ0) is 32.1. The Morgan fingerprint density at radius 1 is 1.18 bits per heavy atom. The Morgan fingerprint density at radius 3 is 2.58 bits per heavy atom. The van der Waals surface area contributed by atoms with Crippen molar-refractivity contribution in [2.24, 2.45) is 11.3 Å². The molecule has 2 aromatic rings. The van der Waals surface area contributed by atoms with Crippen molar-refractivity contribution in [3.05, 3.63) is 41.2 Å². The summed E-state index contributed by atoms with van der Waals surface area (Å²) >= 11 is 6.62. The molecule has 3 fully saturated rings. The number of nitrogens with zero attached hydrogens (tertiary/aromatic N) is 3. The molecule has 2 aromatic heterocycles. The molecule has 1 atom stereocenters. The summed E-state index contributed by atoms with van der Waals surface area (Å²) in [6.07, 6.45) is 9.98. The molecule has 9 nitrogen and oxygen atoms in total. The maximum absolute atomic E-state index is 12.6. The monoisotopic (exact) mass is 637 g/mol. The Hall–Kier alpha value is -2.77. The minimum atomic E-state index is -0.746. The zero-order valence-electron chi connectivity index (χ0n) is 27.2. The number of rotatable bonds is 12. The second-order valence-electron chi connectivity index (χ2n) is 14.2. The molecule has 0 bridgehead atoms. The van der Waals surface area contributed by atoms with Crippen LogP contribution in [0.2, 0.25) is 5.02 Å². The van der Waals surface area contributed by atoms with Crippen molar-refractivity contribution in [1.82, 2.24) is 15.3 Å². The highest BCUT2D eigenvalue weighted by atomic mass is 35.5. The predicted molar refractivity (Wildman–Crippen MR) is 175 cm³/mol. The molecule has 244 valence electrons. The lowest BCUT2D eigenvalue weighted by molar-refractivity contribution is -0.172. The van der Waals surface area contributed by atoms with E-state index in [0.29, 0.717) is 43.3 Å². The highest BCUT2D eigenvalue weighted by molar-refractivity contribution is 6.33. The van der Waals surface area contributed by atoms with Crippen molar-refractivity contribution in [3.63, 3.8) is 0 Å². The minimum absolute atomic E-state index is 0.159. The number of nitrogens with one attached hydrogen (secondary N) is 2. The molecule has 0 radical (unpaired) electrons. The van der Waals surface area contributed by atoms with Crippen molar-refractivity contribution in [2.75, 3.05) is 31.7 Å². The zero-order valence-corrected chi connectivity index (χ0v) is 27.9. The van der Waals surface area contributed by atoms with E-state index in [1.165, 1.54) is 0 Å². The summed E-state index contributed by atoms with van der Waals surface area (Å²) in [5, 5.41) is 17.5. The van der Waals surface area contributed by atoms with Crippen LogP contribution in [0.1, 0.15) is 84.8 Å². The third-order valence-corrected chi connectivity index (χ3v) is 9.48. The summed E-state index contributed by atoms with van der Waals surface area (Å²) in [6.45, 7) is 10.1. The molecule has 0 amide bonds. The van der Waals surface area contributed by atoms with Crippen LogP contribution in [-0.2, 0) is 25.4 Å². The molecule has 2 aliphatic carbocycles. The Kier molecular flexibility index (Phi) is 10.7. The number of hydrogen-bond donors (Lipinski definition) is 2. The molecule has 45 heavy (non-hydrogen) atoms. The van der Waals surface area contributed by atoms with Crippen molar-refractivity contribution >= 4 is 23.4 Å². The number of halogens is 1. The van der Waals surface area contributed by atoms with E-state index in [-0.39, 0.29) is 12.0 Å². The lowest BCUT2D eigenvalue weighted by atomic mass is 9.82. The van der Waals surface area contributed by atoms with Crippen LogP contribution in [0.5, 0.6) is 0 Å². The molecule has 1 saturated heterocycles. The fourth-order valence-corrected chi connectivity index (χ4v) is 6.48. The highest BCUT2D eigenvalue weighted by Crippen LogP contribution is 2.42. The number of carbonyl (C=O) groups excluding carboxylic acids is 1. The van der Waals surface area contributed by atoms with Crippen LogP contribution >= 0.6 is 11.6 Å². The Bertz CT molecular complexity index is 1350. The van der Waals surface area contributed by atoms with Crippen LogP contribution in [0.3, 0.4) is 0 Å². The van der Waals surface area contributed by atoms with Gasteiger partial charge in [0.2, 0.25) is 0 Å². The van der Waals surface area contributed by atoms with E-state index in [1.807, 2.05) is 39.0 Å². The lowest BCUT2D eigenvalue weighted by Crippen LogP contribution is -2.43. The van der Waals surface area contributed by atoms with E-state index in [4.69, 9.17) is 30.8 Å². The quantitative estimate of drug-likeness (QED) is 0.251. The van der Waals surface area contributed by atoms with E-state index in [2.05, 4.69) is 34.7 Å². The van der Waals surface area contributed by atoms with Gasteiger partial charge in [-0.25, -0.2) is 9.78 Å². The number of nitriles is 1. The van der Waals surface area contributed by atoms with Gasteiger partial charge in [-0.3, -0.25) is 4.98 Å². The molecular weight excluding hydrogens is 590 g/mol. The van der Waals surface area contributed by atoms with Gasteiger partial charge in [-0.05, 0) is 110 Å². The van der Waals surface area contributed by atoms with Crippen LogP contribution in [0.25, 0.3) is 11.3 Å². The third kappa shape index (κ3) is 9.16. The average molecular weight is 638 g/mol. The summed E-state index contributed by atoms with van der Waals surface area (Å²) in [6, 6.07) is 11.0. The summed E-state index contributed by atoms with van der Waals surface area (Å²) in [5.41, 5.74) is 0.999. The Morgan fingerprint density at radius 2 is 1.91 bits per heavy atom. The molecule has 0 aromatic carbocycles. The molecular formula is C35H48ClN5O4. The van der Waals surface area contributed by atoms with Gasteiger partial charge in [0, 0.05) is 49.3 Å². The van der Waals surface area contributed by atoms with Gasteiger partial charge in [-0.15, -0.1) is 0 Å². The third-order valence-electron chi connectivity index (χ3n) is 9.18. The van der Waals surface area contributed by atoms with Crippen molar-refractivity contribution in [3.8, 4) is 17.3 Å². The fraction of sp³-hybridized carbons (Fsp3) is 0.657. The number of esters is 1. The van der Waals surface area contributed by atoms with E-state index >= 15 is 0 Å². The topological polar surface area (TPSA) is 118 Å². The van der Waals surface area contributed by atoms with E-state index < -0.39 is 16.6 Å². The summed E-state index contributed by atoms with van der Waals surface area (Å²) < 4.78 is 17.1. The van der Waals surface area contributed by atoms with Gasteiger partial charge >= 0.3 is 5.97 Å². The van der Waals surface area contributed by atoms with Crippen LogP contribution in [0.15, 0.2) is 30.5 Å². The number of carbonyl (C=O) groups is 1. The summed E-state index contributed by atoms with van der Waals surface area (Å²) in [7, 11) is 0. The lowest BCUT2D eigenvalue weighted by Gasteiger charge is -2.32. The smallest absolute Gasteiger partial charge is 0.338 e. The normalized spacial score (nSPS) is 23.0. The van der Waals surface area contributed by atoms with Gasteiger partial charge in [-0.2, -0.15) is 5.26 Å². The van der Waals surface area contributed by atoms with Crippen molar-refractivity contribution in [1.29, 1.82) is 5.26 Å². The van der Waals surface area contributed by atoms with Crippen LogP contribution in [-0.4, -0.2) is 65.6 Å². The first-order chi connectivity index (χ1) is 21.5. The first kappa shape index (κ1) is 33.6. The van der Waals surface area contributed by atoms with Gasteiger partial charge < -0.3 is 24.8 Å². The van der Waals surface area contributed by atoms with Gasteiger partial charge in [0.05, 0.1) is 28.8 Å².